The van der Waals surface area contributed by atoms with Crippen molar-refractivity contribution in [1.29, 1.82) is 0 Å². The van der Waals surface area contributed by atoms with Crippen molar-refractivity contribution < 1.29 is 19.4 Å². The molecule has 6 nitrogen and oxygen atoms in total. The predicted octanol–water partition coefficient (Wildman–Crippen LogP) is 4.79. The summed E-state index contributed by atoms with van der Waals surface area (Å²) in [7, 11) is 0. The van der Waals surface area contributed by atoms with Crippen molar-refractivity contribution in [3.8, 4) is 10.6 Å². The highest BCUT2D eigenvalue weighted by atomic mass is 32.1. The molecule has 0 aliphatic carbocycles. The average Bonchev–Trinajstić information content (AvgIpc) is 3.16. The van der Waals surface area contributed by atoms with Gasteiger partial charge in [0.2, 0.25) is 0 Å². The molecular weight excluding hydrogens is 400 g/mol. The second kappa shape index (κ2) is 13.9. The molecule has 2 N–H and O–H groups in total. The van der Waals surface area contributed by atoms with Crippen molar-refractivity contribution in [3.05, 3.63) is 41.4 Å². The van der Waals surface area contributed by atoms with Crippen LogP contribution < -0.4 is 5.32 Å². The fourth-order valence-corrected chi connectivity index (χ4v) is 3.57. The van der Waals surface area contributed by atoms with Gasteiger partial charge in [0.25, 0.3) is 0 Å². The summed E-state index contributed by atoms with van der Waals surface area (Å²) in [5.74, 6) is -1.24. The lowest BCUT2D eigenvalue weighted by Gasteiger charge is -2.22. The lowest BCUT2D eigenvalue weighted by atomic mass is 10.0. The van der Waals surface area contributed by atoms with Crippen LogP contribution in [-0.2, 0) is 20.7 Å². The van der Waals surface area contributed by atoms with Crippen LogP contribution in [0.25, 0.3) is 10.6 Å². The minimum absolute atomic E-state index is 0.186. The Morgan fingerprint density at radius 2 is 1.77 bits per heavy atom. The molecule has 0 saturated heterocycles. The fourth-order valence-electron chi connectivity index (χ4n) is 2.73. The second-order valence-corrected chi connectivity index (χ2v) is 8.27. The molecule has 0 amide bonds. The first-order chi connectivity index (χ1) is 14.3. The monoisotopic (exact) mass is 434 g/mol. The zero-order chi connectivity index (χ0) is 22.5. The Balaban J connectivity index is 0.00000141. The molecule has 0 saturated carbocycles. The van der Waals surface area contributed by atoms with Crippen molar-refractivity contribution in [2.24, 2.45) is 5.92 Å². The van der Waals surface area contributed by atoms with E-state index in [4.69, 9.17) is 4.74 Å². The van der Waals surface area contributed by atoms with E-state index < -0.39 is 24.0 Å². The zero-order valence-electron chi connectivity index (χ0n) is 18.6. The number of esters is 1. The number of nitrogens with zero attached hydrogens (tertiary/aromatic N) is 1. The topological polar surface area (TPSA) is 88.5 Å². The number of aliphatic carboxylic acids is 1. The van der Waals surface area contributed by atoms with E-state index in [1.165, 1.54) is 17.8 Å². The first-order valence-corrected chi connectivity index (χ1v) is 11.3. The van der Waals surface area contributed by atoms with Crippen LogP contribution in [0.5, 0.6) is 0 Å². The number of carboxylic acid groups (broad SMARTS) is 1. The number of carbonyl (C=O) groups excluding carboxylic acids is 1. The van der Waals surface area contributed by atoms with Gasteiger partial charge in [-0.25, -0.2) is 4.98 Å². The molecule has 0 radical (unpaired) electrons. The number of thiazole rings is 1. The van der Waals surface area contributed by atoms with E-state index in [9.17, 15) is 14.7 Å². The largest absolute Gasteiger partial charge is 0.480 e. The van der Waals surface area contributed by atoms with Gasteiger partial charge >= 0.3 is 11.9 Å². The highest BCUT2D eigenvalue weighted by Crippen LogP contribution is 2.24. The van der Waals surface area contributed by atoms with Crippen LogP contribution in [0.1, 0.15) is 53.2 Å². The molecule has 0 aliphatic rings. The van der Waals surface area contributed by atoms with Gasteiger partial charge in [-0.15, -0.1) is 11.3 Å². The summed E-state index contributed by atoms with van der Waals surface area (Å²) in [4.78, 5) is 28.5. The van der Waals surface area contributed by atoms with Gasteiger partial charge in [-0.3, -0.25) is 14.9 Å². The molecule has 1 aromatic carbocycles. The summed E-state index contributed by atoms with van der Waals surface area (Å²) in [5.41, 5.74) is 1.75. The summed E-state index contributed by atoms with van der Waals surface area (Å²) in [6.07, 6.45) is 1.96. The summed E-state index contributed by atoms with van der Waals surface area (Å²) >= 11 is 1.50. The summed E-state index contributed by atoms with van der Waals surface area (Å²) in [6, 6.07) is 8.23. The molecule has 30 heavy (non-hydrogen) atoms. The summed E-state index contributed by atoms with van der Waals surface area (Å²) in [6.45, 7) is 10.1. The molecule has 2 aromatic rings. The Hall–Kier alpha value is -2.25. The average molecular weight is 435 g/mol. The maximum Gasteiger partial charge on any atom is 0.323 e. The van der Waals surface area contributed by atoms with Crippen LogP contribution in [0.15, 0.2) is 35.7 Å². The second-order valence-electron chi connectivity index (χ2n) is 7.41. The quantitative estimate of drug-likeness (QED) is 0.523. The molecule has 0 aliphatic heterocycles. The third-order valence-electron chi connectivity index (χ3n) is 3.96. The highest BCUT2D eigenvalue weighted by molar-refractivity contribution is 7.13. The van der Waals surface area contributed by atoms with Crippen LogP contribution in [-0.4, -0.2) is 40.7 Å². The molecular formula is C23H34N2O4S. The Morgan fingerprint density at radius 3 is 2.30 bits per heavy atom. The maximum absolute atomic E-state index is 12.4. The van der Waals surface area contributed by atoms with Crippen molar-refractivity contribution in [2.45, 2.75) is 66.0 Å². The van der Waals surface area contributed by atoms with Crippen molar-refractivity contribution in [3.63, 3.8) is 0 Å². The number of hydrogen-bond acceptors (Lipinski definition) is 6. The Labute approximate surface area is 183 Å². The number of carbonyl (C=O) groups is 2. The minimum Gasteiger partial charge on any atom is -0.480 e. The van der Waals surface area contributed by atoms with E-state index in [0.29, 0.717) is 6.42 Å². The summed E-state index contributed by atoms with van der Waals surface area (Å²) < 4.78 is 5.13. The number of nitrogens with one attached hydrogen (secondary N) is 1. The molecule has 1 aromatic heterocycles. The lowest BCUT2D eigenvalue weighted by Crippen LogP contribution is -2.49. The number of carboxylic acids is 1. The summed E-state index contributed by atoms with van der Waals surface area (Å²) in [5, 5.41) is 15.2. The molecule has 1 heterocycles. The molecule has 7 heteroatoms. The lowest BCUT2D eigenvalue weighted by molar-refractivity contribution is -0.147. The number of benzene rings is 1. The van der Waals surface area contributed by atoms with E-state index in [2.05, 4.69) is 24.1 Å². The van der Waals surface area contributed by atoms with Crippen molar-refractivity contribution in [1.82, 2.24) is 10.3 Å². The van der Waals surface area contributed by atoms with Gasteiger partial charge < -0.3 is 9.84 Å². The number of aromatic nitrogens is 1. The predicted molar refractivity (Wildman–Crippen MR) is 122 cm³/mol. The van der Waals surface area contributed by atoms with Gasteiger partial charge in [0.05, 0.1) is 12.3 Å². The number of ether oxygens (including phenoxy) is 1. The maximum atomic E-state index is 12.4. The molecule has 0 bridgehead atoms. The van der Waals surface area contributed by atoms with Crippen molar-refractivity contribution >= 4 is 23.3 Å². The van der Waals surface area contributed by atoms with Gasteiger partial charge in [0.15, 0.2) is 0 Å². The van der Waals surface area contributed by atoms with Crippen LogP contribution in [0, 0.1) is 5.92 Å². The van der Waals surface area contributed by atoms with Gasteiger partial charge in [-0.2, -0.15) is 0 Å². The van der Waals surface area contributed by atoms with E-state index >= 15 is 0 Å². The Kier molecular flexibility index (Phi) is 11.9. The van der Waals surface area contributed by atoms with Crippen LogP contribution >= 0.6 is 11.3 Å². The fraction of sp³-hybridized carbons (Fsp3) is 0.522. The Bertz CT molecular complexity index is 762. The smallest absolute Gasteiger partial charge is 0.323 e. The number of hydrogen-bond donors (Lipinski definition) is 2. The van der Waals surface area contributed by atoms with Gasteiger partial charge in [0, 0.05) is 17.4 Å². The van der Waals surface area contributed by atoms with E-state index in [1.54, 1.807) is 6.92 Å². The SMILES string of the molecule is CCC.CCOC(=O)C(Cc1csc(-c2ccccc2)n1)N[C@@H](CC(C)C)C(=O)O. The van der Waals surface area contributed by atoms with E-state index in [1.807, 2.05) is 49.6 Å². The standard InChI is InChI=1S/C20H26N2O4S.C3H8/c1-4-26-20(25)17(22-16(19(23)24)10-13(2)3)11-15-12-27-18(21-15)14-8-6-5-7-9-14;1-3-2/h5-9,12-13,16-17,22H,4,10-11H2,1-3H3,(H,23,24);3H2,1-2H3/t16-,17?;/m0./s1. The normalized spacial score (nSPS) is 12.6. The molecule has 166 valence electrons. The molecule has 2 rings (SSSR count). The van der Waals surface area contributed by atoms with Gasteiger partial charge in [0.1, 0.15) is 17.1 Å². The third-order valence-corrected chi connectivity index (χ3v) is 4.90. The van der Waals surface area contributed by atoms with Crippen LogP contribution in [0.3, 0.4) is 0 Å². The highest BCUT2D eigenvalue weighted by Gasteiger charge is 2.28. The molecule has 0 spiro atoms. The van der Waals surface area contributed by atoms with Crippen LogP contribution in [0.4, 0.5) is 0 Å². The molecule has 1 unspecified atom stereocenters. The first kappa shape index (κ1) is 25.8. The Morgan fingerprint density at radius 1 is 1.13 bits per heavy atom. The first-order valence-electron chi connectivity index (χ1n) is 10.5. The van der Waals surface area contributed by atoms with E-state index in [0.717, 1.165) is 16.3 Å². The van der Waals surface area contributed by atoms with Crippen LogP contribution in [0.2, 0.25) is 0 Å². The molecule has 0 fully saturated rings. The van der Waals surface area contributed by atoms with Gasteiger partial charge in [-0.05, 0) is 19.3 Å². The van der Waals surface area contributed by atoms with Crippen molar-refractivity contribution in [2.75, 3.05) is 6.61 Å². The van der Waals surface area contributed by atoms with E-state index in [-0.39, 0.29) is 18.9 Å². The van der Waals surface area contributed by atoms with Gasteiger partial charge in [-0.1, -0.05) is 64.4 Å². The number of rotatable bonds is 10. The third kappa shape index (κ3) is 9.05. The molecule has 2 atom stereocenters. The zero-order valence-corrected chi connectivity index (χ0v) is 19.4. The minimum atomic E-state index is -0.971.